The molecule has 6 heterocycles. The summed E-state index contributed by atoms with van der Waals surface area (Å²) in [6.07, 6.45) is 8.89. The number of nitrogens with zero attached hydrogens (tertiary/aromatic N) is 8. The number of piperazine rings is 1. The highest BCUT2D eigenvalue weighted by Crippen LogP contribution is 2.34. The second-order valence-electron chi connectivity index (χ2n) is 14.9. The van der Waals surface area contributed by atoms with Crippen LogP contribution in [0.15, 0.2) is 55.0 Å². The average Bonchev–Trinajstić information content (AvgIpc) is 3.89. The van der Waals surface area contributed by atoms with Crippen LogP contribution in [0.1, 0.15) is 69.6 Å². The van der Waals surface area contributed by atoms with Gasteiger partial charge in [-0.2, -0.15) is 14.7 Å². The molecule has 2 saturated heterocycles. The minimum Gasteiger partial charge on any atom is -0.496 e. The molecule has 0 bridgehead atoms. The minimum atomic E-state index is -1.11. The van der Waals surface area contributed by atoms with E-state index in [1.54, 1.807) is 40.8 Å². The number of rotatable bonds is 8. The molecule has 1 unspecified atom stereocenters. The summed E-state index contributed by atoms with van der Waals surface area (Å²) in [5.74, 6) is -1.76. The van der Waals surface area contributed by atoms with Crippen molar-refractivity contribution in [3.8, 4) is 11.6 Å². The molecule has 5 amide bonds. The number of ether oxygens (including phenoxy) is 1. The summed E-state index contributed by atoms with van der Waals surface area (Å²) >= 11 is 0. The summed E-state index contributed by atoms with van der Waals surface area (Å²) in [4.78, 5) is 73.5. The van der Waals surface area contributed by atoms with Gasteiger partial charge in [-0.25, -0.2) is 14.1 Å². The molecule has 3 aliphatic heterocycles. The maximum Gasteiger partial charge on any atom is 0.262 e. The van der Waals surface area contributed by atoms with Crippen molar-refractivity contribution in [3.05, 3.63) is 77.5 Å². The first-order chi connectivity index (χ1) is 27.1. The summed E-state index contributed by atoms with van der Waals surface area (Å²) in [7, 11) is 1.54. The van der Waals surface area contributed by atoms with E-state index in [9.17, 15) is 24.0 Å². The van der Waals surface area contributed by atoms with Gasteiger partial charge in [-0.15, -0.1) is 0 Å². The van der Waals surface area contributed by atoms with Crippen LogP contribution in [0, 0.1) is 11.7 Å². The number of amides is 5. The van der Waals surface area contributed by atoms with Crippen LogP contribution in [-0.2, 0) is 9.59 Å². The number of methoxy groups -OCH3 is 1. The van der Waals surface area contributed by atoms with E-state index in [0.29, 0.717) is 60.4 Å². The second kappa shape index (κ2) is 14.1. The number of nitrogens with one attached hydrogen (secondary N) is 2. The zero-order valence-corrected chi connectivity index (χ0v) is 30.6. The van der Waals surface area contributed by atoms with Gasteiger partial charge < -0.3 is 15.0 Å². The number of anilines is 1. The number of aromatic nitrogens is 5. The van der Waals surface area contributed by atoms with Crippen molar-refractivity contribution in [2.45, 2.75) is 50.6 Å². The third-order valence-corrected chi connectivity index (χ3v) is 11.5. The van der Waals surface area contributed by atoms with Gasteiger partial charge in [0.1, 0.15) is 17.6 Å². The summed E-state index contributed by atoms with van der Waals surface area (Å²) in [6, 6.07) is 8.69. The van der Waals surface area contributed by atoms with E-state index in [1.807, 2.05) is 23.2 Å². The Labute approximate surface area is 319 Å². The lowest BCUT2D eigenvalue weighted by Gasteiger charge is -2.39. The fraction of sp³-hybridized carbons (Fsp3) is 0.385. The van der Waals surface area contributed by atoms with E-state index in [0.717, 1.165) is 48.6 Å². The number of carbonyl (C=O) groups excluding carboxylic acids is 5. The zero-order chi connectivity index (χ0) is 38.7. The van der Waals surface area contributed by atoms with Crippen LogP contribution in [-0.4, -0.2) is 116 Å². The Morgan fingerprint density at radius 1 is 0.982 bits per heavy atom. The maximum absolute atomic E-state index is 15.4. The maximum atomic E-state index is 15.4. The van der Waals surface area contributed by atoms with Gasteiger partial charge in [0.15, 0.2) is 11.5 Å². The van der Waals surface area contributed by atoms with Crippen LogP contribution in [0.25, 0.3) is 22.4 Å². The number of imidazole rings is 1. The summed E-state index contributed by atoms with van der Waals surface area (Å²) < 4.78 is 24.4. The number of imide groups is 2. The van der Waals surface area contributed by atoms with E-state index >= 15 is 4.39 Å². The van der Waals surface area contributed by atoms with E-state index in [1.165, 1.54) is 6.07 Å². The Morgan fingerprint density at radius 3 is 2.50 bits per heavy atom. The fourth-order valence-corrected chi connectivity index (χ4v) is 8.50. The number of fused-ring (bicyclic) bond motifs is 3. The van der Waals surface area contributed by atoms with Gasteiger partial charge in [0.05, 0.1) is 41.2 Å². The summed E-state index contributed by atoms with van der Waals surface area (Å²) in [6.45, 7) is 3.39. The minimum absolute atomic E-state index is 0.0124. The van der Waals surface area contributed by atoms with Crippen LogP contribution in [0.4, 0.5) is 10.1 Å². The molecular weight excluding hydrogens is 723 g/mol. The molecule has 17 heteroatoms. The Hall–Kier alpha value is -6.23. The molecule has 4 aliphatic rings. The molecule has 1 saturated carbocycles. The first-order valence-corrected chi connectivity index (χ1v) is 18.8. The molecule has 56 heavy (non-hydrogen) atoms. The Morgan fingerprint density at radius 2 is 1.75 bits per heavy atom. The lowest BCUT2D eigenvalue weighted by atomic mass is 9.85. The van der Waals surface area contributed by atoms with Crippen molar-refractivity contribution < 1.29 is 33.1 Å². The van der Waals surface area contributed by atoms with Gasteiger partial charge in [0.2, 0.25) is 11.8 Å². The zero-order valence-electron chi connectivity index (χ0n) is 30.6. The first kappa shape index (κ1) is 35.5. The van der Waals surface area contributed by atoms with Gasteiger partial charge in [0, 0.05) is 69.0 Å². The van der Waals surface area contributed by atoms with Crippen LogP contribution < -0.4 is 20.3 Å². The summed E-state index contributed by atoms with van der Waals surface area (Å²) in [5, 5.41) is 15.2. The van der Waals surface area contributed by atoms with Crippen molar-refractivity contribution in [2.75, 3.05) is 44.7 Å². The molecule has 0 spiro atoms. The number of hydrogen-bond acceptors (Lipinski definition) is 11. The molecule has 1 aliphatic carbocycles. The third-order valence-electron chi connectivity index (χ3n) is 11.5. The Kier molecular flexibility index (Phi) is 8.95. The number of hydrogen-bond donors (Lipinski definition) is 2. The molecule has 9 rings (SSSR count). The smallest absolute Gasteiger partial charge is 0.262 e. The van der Waals surface area contributed by atoms with Crippen molar-refractivity contribution >= 4 is 51.8 Å². The first-order valence-electron chi connectivity index (χ1n) is 18.8. The molecule has 2 aromatic carbocycles. The predicted octanol–water partition coefficient (Wildman–Crippen LogP) is 2.73. The van der Waals surface area contributed by atoms with E-state index in [-0.39, 0.29) is 41.6 Å². The molecule has 3 aromatic heterocycles. The third kappa shape index (κ3) is 6.30. The van der Waals surface area contributed by atoms with E-state index in [2.05, 4.69) is 30.7 Å². The average molecular weight is 763 g/mol. The largest absolute Gasteiger partial charge is 0.496 e. The Bertz CT molecular complexity index is 2430. The standard InChI is InChI=1S/C39H39FN10O6/c1-56-32-18-29-23(21-48(45-29)35-19-41-33-3-2-10-42-50(33)35)15-27(32)36(52)43-24-6-4-22(5-7-24)20-46-11-13-47(14-12-46)31-17-26-25(16-28(31)40)38(54)49(39(26)55)30-8-9-34(51)44-37(30)53/h2-3,10,15-19,21-22,24,30H,4-9,11-14,20H2,1H3,(H,43,52)(H,44,51,53). The molecule has 2 N–H and O–H groups in total. The van der Waals surface area contributed by atoms with Crippen molar-refractivity contribution in [2.24, 2.45) is 5.92 Å². The van der Waals surface area contributed by atoms with Gasteiger partial charge in [-0.1, -0.05) is 0 Å². The lowest BCUT2D eigenvalue weighted by molar-refractivity contribution is -0.136. The van der Waals surface area contributed by atoms with Gasteiger partial charge >= 0.3 is 0 Å². The quantitative estimate of drug-likeness (QED) is 0.223. The topological polar surface area (TPSA) is 176 Å². The lowest BCUT2D eigenvalue weighted by Crippen LogP contribution is -2.54. The molecular formula is C39H39FN10O6. The number of carbonyl (C=O) groups is 5. The van der Waals surface area contributed by atoms with Gasteiger partial charge in [-0.05, 0) is 68.4 Å². The number of piperidine rings is 1. The highest BCUT2D eigenvalue weighted by Gasteiger charge is 2.45. The number of benzene rings is 2. The van der Waals surface area contributed by atoms with Crippen LogP contribution in [0.5, 0.6) is 5.75 Å². The predicted molar refractivity (Wildman–Crippen MR) is 199 cm³/mol. The van der Waals surface area contributed by atoms with Crippen LogP contribution in [0.3, 0.4) is 0 Å². The van der Waals surface area contributed by atoms with Crippen LogP contribution in [0.2, 0.25) is 0 Å². The summed E-state index contributed by atoms with van der Waals surface area (Å²) in [5.41, 5.74) is 2.06. The van der Waals surface area contributed by atoms with Gasteiger partial charge in [0.25, 0.3) is 17.7 Å². The van der Waals surface area contributed by atoms with Crippen molar-refractivity contribution in [1.82, 2.24) is 44.8 Å². The molecule has 3 fully saturated rings. The highest BCUT2D eigenvalue weighted by atomic mass is 19.1. The number of halogens is 1. The van der Waals surface area contributed by atoms with Crippen molar-refractivity contribution in [1.29, 1.82) is 0 Å². The van der Waals surface area contributed by atoms with E-state index in [4.69, 9.17) is 4.74 Å². The fourth-order valence-electron chi connectivity index (χ4n) is 8.50. The Balaban J connectivity index is 0.783. The second-order valence-corrected chi connectivity index (χ2v) is 14.9. The normalized spacial score (nSPS) is 21.9. The highest BCUT2D eigenvalue weighted by molar-refractivity contribution is 6.23. The molecule has 16 nitrogen and oxygen atoms in total. The van der Waals surface area contributed by atoms with E-state index < -0.39 is 35.5 Å². The monoisotopic (exact) mass is 762 g/mol. The van der Waals surface area contributed by atoms with Crippen LogP contribution >= 0.6 is 0 Å². The molecule has 1 atom stereocenters. The SMILES string of the molecule is COc1cc2nn(-c3cnc4cccnn34)cc2cc1C(=O)NC1CCC(CN2CCN(c3cc4c(cc3F)C(=O)N(C3CCC(=O)NC3=O)C4=O)CC2)CC1. The van der Waals surface area contributed by atoms with Crippen molar-refractivity contribution in [3.63, 3.8) is 0 Å². The molecule has 5 aromatic rings. The van der Waals surface area contributed by atoms with Gasteiger partial charge in [-0.3, -0.25) is 39.1 Å². The molecule has 288 valence electrons. The molecule has 0 radical (unpaired) electrons.